The molecule has 2 heterocycles. The van der Waals surface area contributed by atoms with E-state index in [1.54, 1.807) is 0 Å². The molecule has 2 amide bonds. The molecular weight excluding hydrogens is 473 g/mol. The fourth-order valence-electron chi connectivity index (χ4n) is 3.59. The Hall–Kier alpha value is -3.73. The zero-order chi connectivity index (χ0) is 26.1. The Labute approximate surface area is 207 Å². The second-order valence-electron chi connectivity index (χ2n) is 8.28. The summed E-state index contributed by atoms with van der Waals surface area (Å²) >= 11 is 0. The van der Waals surface area contributed by atoms with Crippen molar-refractivity contribution in [2.75, 3.05) is 33.0 Å². The van der Waals surface area contributed by atoms with E-state index in [0.717, 1.165) is 6.42 Å². The van der Waals surface area contributed by atoms with Crippen molar-refractivity contribution in [1.82, 2.24) is 15.2 Å². The second kappa shape index (κ2) is 12.8. The number of nitrogens with one attached hydrogen (secondary N) is 2. The minimum absolute atomic E-state index is 0.0544. The number of esters is 1. The van der Waals surface area contributed by atoms with Crippen LogP contribution in [-0.4, -0.2) is 66.7 Å². The molecule has 1 saturated heterocycles. The molecule has 1 aromatic heterocycles. The molecule has 1 unspecified atom stereocenters. The van der Waals surface area contributed by atoms with E-state index in [1.165, 1.54) is 42.3 Å². The molecule has 0 radical (unpaired) electrons. The number of unbranched alkanes of at least 4 members (excludes halogenated alkanes) is 1. The van der Waals surface area contributed by atoms with E-state index in [1.807, 2.05) is 6.92 Å². The number of H-pyrrole nitrogens is 1. The Balaban J connectivity index is 1.85. The Bertz CT molecular complexity index is 1130. The molecule has 0 saturated carbocycles. The fraction of sp³-hybridized carbons (Fsp3) is 0.440. The first-order chi connectivity index (χ1) is 17.3. The smallest absolute Gasteiger partial charge is 0.302 e. The van der Waals surface area contributed by atoms with Gasteiger partial charge in [-0.1, -0.05) is 25.5 Å². The molecule has 0 bridgehead atoms. The summed E-state index contributed by atoms with van der Waals surface area (Å²) in [6.45, 7) is 4.10. The van der Waals surface area contributed by atoms with Gasteiger partial charge in [-0.15, -0.1) is 0 Å². The average Bonchev–Trinajstić information content (AvgIpc) is 2.87. The Morgan fingerprint density at radius 1 is 1.25 bits per heavy atom. The van der Waals surface area contributed by atoms with Gasteiger partial charge in [0.2, 0.25) is 5.43 Å². The Kier molecular flexibility index (Phi) is 9.57. The summed E-state index contributed by atoms with van der Waals surface area (Å²) in [4.78, 5) is 54.9. The normalized spacial score (nSPS) is 15.3. The summed E-state index contributed by atoms with van der Waals surface area (Å²) in [5.74, 6) is -2.33. The van der Waals surface area contributed by atoms with Gasteiger partial charge in [-0.3, -0.25) is 19.2 Å². The van der Waals surface area contributed by atoms with Gasteiger partial charge in [0, 0.05) is 26.2 Å². The topological polar surface area (TPSA) is 127 Å². The van der Waals surface area contributed by atoms with Gasteiger partial charge in [-0.2, -0.15) is 0 Å². The molecule has 10 nitrogen and oxygen atoms in total. The lowest BCUT2D eigenvalue weighted by Crippen LogP contribution is -2.51. The standard InChI is InChI=1S/C25H30FN3O7/c1-3-4-10-35-23-21(25(33)29-9-11-34-14-19(29)15-36-16(2)30)27-13-20(22(23)31)24(32)28-12-17-5-7-18(26)8-6-17/h5-8,13,19H,3-4,9-12,14-15H2,1-2H3,(H,27,31)(H,28,32). The maximum Gasteiger partial charge on any atom is 0.302 e. The molecule has 194 valence electrons. The van der Waals surface area contributed by atoms with Crippen LogP contribution >= 0.6 is 0 Å². The number of morpholine rings is 1. The maximum atomic E-state index is 13.4. The number of halogens is 1. The van der Waals surface area contributed by atoms with Crippen LogP contribution in [-0.2, 0) is 20.8 Å². The van der Waals surface area contributed by atoms with E-state index in [-0.39, 0.29) is 56.5 Å². The minimum atomic E-state index is -0.727. The number of carbonyl (C=O) groups excluding carboxylic acids is 3. The number of nitrogens with zero attached hydrogens (tertiary/aromatic N) is 1. The van der Waals surface area contributed by atoms with Gasteiger partial charge in [0.05, 0.1) is 25.9 Å². The second-order valence-corrected chi connectivity index (χ2v) is 8.28. The van der Waals surface area contributed by atoms with E-state index < -0.39 is 35.1 Å². The molecule has 1 aliphatic heterocycles. The molecule has 2 N–H and O–H groups in total. The SMILES string of the molecule is CCCCOc1c(C(=O)N2CCOCC2COC(C)=O)[nH]cc(C(=O)NCc2ccc(F)cc2)c1=O. The van der Waals surface area contributed by atoms with Crippen molar-refractivity contribution in [3.63, 3.8) is 0 Å². The lowest BCUT2D eigenvalue weighted by molar-refractivity contribution is -0.144. The first-order valence-electron chi connectivity index (χ1n) is 11.7. The molecule has 11 heteroatoms. The van der Waals surface area contributed by atoms with Crippen LogP contribution in [0.15, 0.2) is 35.3 Å². The van der Waals surface area contributed by atoms with E-state index in [9.17, 15) is 23.6 Å². The van der Waals surface area contributed by atoms with Gasteiger partial charge in [0.25, 0.3) is 11.8 Å². The van der Waals surface area contributed by atoms with Crippen molar-refractivity contribution in [1.29, 1.82) is 0 Å². The van der Waals surface area contributed by atoms with Crippen LogP contribution in [0.5, 0.6) is 5.75 Å². The van der Waals surface area contributed by atoms with Crippen molar-refractivity contribution in [2.45, 2.75) is 39.3 Å². The highest BCUT2D eigenvalue weighted by molar-refractivity contribution is 5.98. The van der Waals surface area contributed by atoms with Crippen molar-refractivity contribution in [3.05, 3.63) is 63.3 Å². The lowest BCUT2D eigenvalue weighted by atomic mass is 10.1. The summed E-state index contributed by atoms with van der Waals surface area (Å²) in [5.41, 5.74) is -0.396. The van der Waals surface area contributed by atoms with Crippen LogP contribution in [0.2, 0.25) is 0 Å². The predicted octanol–water partition coefficient (Wildman–Crippen LogP) is 2.03. The highest BCUT2D eigenvalue weighted by Gasteiger charge is 2.32. The van der Waals surface area contributed by atoms with Gasteiger partial charge < -0.3 is 29.4 Å². The number of pyridine rings is 1. The van der Waals surface area contributed by atoms with Crippen LogP contribution in [0.25, 0.3) is 0 Å². The molecule has 1 fully saturated rings. The van der Waals surface area contributed by atoms with Crippen molar-refractivity contribution in [2.24, 2.45) is 0 Å². The molecule has 2 aromatic rings. The van der Waals surface area contributed by atoms with Crippen LogP contribution in [0, 0.1) is 5.82 Å². The van der Waals surface area contributed by atoms with Crippen molar-refractivity contribution in [3.8, 4) is 5.75 Å². The Morgan fingerprint density at radius 2 is 2.00 bits per heavy atom. The van der Waals surface area contributed by atoms with Gasteiger partial charge in [-0.05, 0) is 24.1 Å². The molecule has 36 heavy (non-hydrogen) atoms. The first-order valence-corrected chi connectivity index (χ1v) is 11.7. The highest BCUT2D eigenvalue weighted by Crippen LogP contribution is 2.19. The highest BCUT2D eigenvalue weighted by atomic mass is 19.1. The molecular formula is C25H30FN3O7. The molecule has 1 aliphatic rings. The van der Waals surface area contributed by atoms with Gasteiger partial charge in [-0.25, -0.2) is 4.39 Å². The van der Waals surface area contributed by atoms with Crippen molar-refractivity contribution >= 4 is 17.8 Å². The van der Waals surface area contributed by atoms with E-state index in [2.05, 4.69) is 10.3 Å². The third-order valence-electron chi connectivity index (χ3n) is 5.58. The Morgan fingerprint density at radius 3 is 2.69 bits per heavy atom. The number of hydrogen-bond acceptors (Lipinski definition) is 7. The minimum Gasteiger partial charge on any atom is -0.487 e. The van der Waals surface area contributed by atoms with Gasteiger partial charge in [0.1, 0.15) is 18.0 Å². The maximum absolute atomic E-state index is 13.4. The number of aromatic amines is 1. The third-order valence-corrected chi connectivity index (χ3v) is 5.58. The third kappa shape index (κ3) is 6.91. The van der Waals surface area contributed by atoms with Crippen LogP contribution in [0.4, 0.5) is 4.39 Å². The number of carbonyl (C=O) groups is 3. The van der Waals surface area contributed by atoms with E-state index in [4.69, 9.17) is 14.2 Å². The zero-order valence-electron chi connectivity index (χ0n) is 20.3. The number of hydrogen-bond donors (Lipinski definition) is 2. The fourth-order valence-corrected chi connectivity index (χ4v) is 3.59. The molecule has 0 spiro atoms. The van der Waals surface area contributed by atoms with Gasteiger partial charge >= 0.3 is 5.97 Å². The predicted molar refractivity (Wildman–Crippen MR) is 127 cm³/mol. The lowest BCUT2D eigenvalue weighted by Gasteiger charge is -2.35. The number of benzene rings is 1. The largest absolute Gasteiger partial charge is 0.487 e. The molecule has 0 aliphatic carbocycles. The zero-order valence-corrected chi connectivity index (χ0v) is 20.3. The van der Waals surface area contributed by atoms with E-state index >= 15 is 0 Å². The molecule has 1 aromatic carbocycles. The van der Waals surface area contributed by atoms with Crippen LogP contribution in [0.1, 0.15) is 53.1 Å². The monoisotopic (exact) mass is 503 g/mol. The summed E-state index contributed by atoms with van der Waals surface area (Å²) in [6.07, 6.45) is 2.61. The van der Waals surface area contributed by atoms with Gasteiger partial charge in [0.15, 0.2) is 11.4 Å². The number of amides is 2. The average molecular weight is 504 g/mol. The number of ether oxygens (including phenoxy) is 3. The van der Waals surface area contributed by atoms with Crippen molar-refractivity contribution < 1.29 is 33.0 Å². The van der Waals surface area contributed by atoms with Crippen LogP contribution < -0.4 is 15.5 Å². The summed E-state index contributed by atoms with van der Waals surface area (Å²) in [7, 11) is 0. The quantitative estimate of drug-likeness (QED) is 0.375. The van der Waals surface area contributed by atoms with E-state index in [0.29, 0.717) is 12.0 Å². The summed E-state index contributed by atoms with van der Waals surface area (Å²) < 4.78 is 29.3. The van der Waals surface area contributed by atoms with Crippen LogP contribution in [0.3, 0.4) is 0 Å². The summed E-state index contributed by atoms with van der Waals surface area (Å²) in [5, 5.41) is 2.62. The number of rotatable bonds is 10. The molecule has 3 rings (SSSR count). The first kappa shape index (κ1) is 26.9. The summed E-state index contributed by atoms with van der Waals surface area (Å²) in [6, 6.07) is 5.05. The molecule has 1 atom stereocenters. The number of aromatic nitrogens is 1.